The predicted octanol–water partition coefficient (Wildman–Crippen LogP) is 4.54. The summed E-state index contributed by atoms with van der Waals surface area (Å²) in [4.78, 5) is 28.9. The van der Waals surface area contributed by atoms with Crippen LogP contribution in [-0.2, 0) is 4.79 Å². The molecule has 154 valence electrons. The van der Waals surface area contributed by atoms with Crippen molar-refractivity contribution in [3.05, 3.63) is 72.3 Å². The molecule has 0 radical (unpaired) electrons. The quantitative estimate of drug-likeness (QED) is 0.683. The van der Waals surface area contributed by atoms with Gasteiger partial charge in [0.2, 0.25) is 5.91 Å². The van der Waals surface area contributed by atoms with Gasteiger partial charge in [-0.15, -0.1) is 0 Å². The Morgan fingerprint density at radius 2 is 1.57 bits per heavy atom. The Hall–Kier alpha value is -3.34. The molecule has 5 nitrogen and oxygen atoms in total. The van der Waals surface area contributed by atoms with Gasteiger partial charge in [0.25, 0.3) is 5.91 Å². The molecule has 0 atom stereocenters. The van der Waals surface area contributed by atoms with Gasteiger partial charge >= 0.3 is 0 Å². The van der Waals surface area contributed by atoms with Crippen molar-refractivity contribution in [2.75, 3.05) is 36.4 Å². The van der Waals surface area contributed by atoms with E-state index in [0.29, 0.717) is 19.5 Å². The number of nitrogens with zero attached hydrogens (tertiary/aromatic N) is 2. The molecular weight excluding hydrogens is 374 g/mol. The lowest BCUT2D eigenvalue weighted by Crippen LogP contribution is -2.48. The van der Waals surface area contributed by atoms with Gasteiger partial charge in [-0.05, 0) is 53.6 Å². The third-order valence-electron chi connectivity index (χ3n) is 5.56. The van der Waals surface area contributed by atoms with E-state index in [1.807, 2.05) is 72.5 Å². The second kappa shape index (κ2) is 8.99. The van der Waals surface area contributed by atoms with E-state index in [1.165, 1.54) is 0 Å². The number of anilines is 2. The van der Waals surface area contributed by atoms with Gasteiger partial charge in [-0.1, -0.05) is 37.3 Å². The molecule has 0 saturated carbocycles. The molecule has 0 aliphatic carbocycles. The highest BCUT2D eigenvalue weighted by Gasteiger charge is 2.22. The van der Waals surface area contributed by atoms with Crippen LogP contribution in [0.1, 0.15) is 30.1 Å². The van der Waals surface area contributed by atoms with E-state index in [9.17, 15) is 9.59 Å². The van der Waals surface area contributed by atoms with Crippen LogP contribution >= 0.6 is 0 Å². The first-order valence-corrected chi connectivity index (χ1v) is 10.6. The normalized spacial score (nSPS) is 14.0. The summed E-state index contributed by atoms with van der Waals surface area (Å²) in [5, 5.41) is 5.15. The van der Waals surface area contributed by atoms with Crippen LogP contribution < -0.4 is 10.2 Å². The van der Waals surface area contributed by atoms with E-state index in [0.717, 1.165) is 47.2 Å². The Bertz CT molecular complexity index is 1040. The van der Waals surface area contributed by atoms with Crippen molar-refractivity contribution in [1.29, 1.82) is 0 Å². The molecule has 5 heteroatoms. The number of piperazine rings is 1. The van der Waals surface area contributed by atoms with Crippen molar-refractivity contribution >= 4 is 34.0 Å². The molecule has 3 aromatic carbocycles. The minimum absolute atomic E-state index is 0.0473. The number of nitrogens with one attached hydrogen (secondary N) is 1. The van der Waals surface area contributed by atoms with E-state index in [4.69, 9.17) is 0 Å². The van der Waals surface area contributed by atoms with Crippen LogP contribution in [0.2, 0.25) is 0 Å². The van der Waals surface area contributed by atoms with Crippen molar-refractivity contribution in [3.8, 4) is 0 Å². The molecule has 1 fully saturated rings. The maximum Gasteiger partial charge on any atom is 0.253 e. The van der Waals surface area contributed by atoms with Gasteiger partial charge in [-0.3, -0.25) is 9.59 Å². The summed E-state index contributed by atoms with van der Waals surface area (Å²) in [6.45, 7) is 4.97. The van der Waals surface area contributed by atoms with Crippen LogP contribution in [0.4, 0.5) is 11.4 Å². The Labute approximate surface area is 177 Å². The highest BCUT2D eigenvalue weighted by molar-refractivity contribution is 5.98. The number of hydrogen-bond donors (Lipinski definition) is 1. The minimum atomic E-state index is 0.0473. The van der Waals surface area contributed by atoms with E-state index < -0.39 is 0 Å². The molecular formula is C25H27N3O2. The zero-order chi connectivity index (χ0) is 20.9. The SMILES string of the molecule is CCCC(=O)Nc1ccc(N2CCN(C(=O)c3ccc4ccccc4c3)CC2)cc1. The third-order valence-corrected chi connectivity index (χ3v) is 5.56. The molecule has 1 saturated heterocycles. The Morgan fingerprint density at radius 1 is 0.867 bits per heavy atom. The summed E-state index contributed by atoms with van der Waals surface area (Å²) >= 11 is 0. The molecule has 1 aliphatic rings. The number of carbonyl (C=O) groups is 2. The first-order chi connectivity index (χ1) is 14.6. The van der Waals surface area contributed by atoms with Crippen LogP contribution in [0.5, 0.6) is 0 Å². The Kier molecular flexibility index (Phi) is 5.98. The molecule has 1 heterocycles. The largest absolute Gasteiger partial charge is 0.368 e. The average Bonchev–Trinajstić information content (AvgIpc) is 2.79. The summed E-state index contributed by atoms with van der Waals surface area (Å²) in [5.41, 5.74) is 2.68. The average molecular weight is 402 g/mol. The fraction of sp³-hybridized carbons (Fsp3) is 0.280. The number of hydrogen-bond acceptors (Lipinski definition) is 3. The lowest BCUT2D eigenvalue weighted by Gasteiger charge is -2.36. The lowest BCUT2D eigenvalue weighted by molar-refractivity contribution is -0.116. The molecule has 0 spiro atoms. The zero-order valence-electron chi connectivity index (χ0n) is 17.3. The summed E-state index contributed by atoms with van der Waals surface area (Å²) in [5.74, 6) is 0.139. The van der Waals surface area contributed by atoms with Crippen LogP contribution in [-0.4, -0.2) is 42.9 Å². The van der Waals surface area contributed by atoms with Crippen molar-refractivity contribution in [2.45, 2.75) is 19.8 Å². The standard InChI is InChI=1S/C25H27N3O2/c1-2-5-24(29)26-22-10-12-23(13-11-22)27-14-16-28(17-15-27)25(30)21-9-8-19-6-3-4-7-20(19)18-21/h3-4,6-13,18H,2,5,14-17H2,1H3,(H,26,29). The first kappa shape index (κ1) is 20.0. The molecule has 4 rings (SSSR count). The minimum Gasteiger partial charge on any atom is -0.368 e. The van der Waals surface area contributed by atoms with Crippen LogP contribution in [0, 0.1) is 0 Å². The maximum absolute atomic E-state index is 13.0. The molecule has 1 N–H and O–H groups in total. The van der Waals surface area contributed by atoms with Crippen molar-refractivity contribution in [3.63, 3.8) is 0 Å². The number of fused-ring (bicyclic) bond motifs is 1. The Balaban J connectivity index is 1.36. The maximum atomic E-state index is 13.0. The Morgan fingerprint density at radius 3 is 2.27 bits per heavy atom. The van der Waals surface area contributed by atoms with Crippen molar-refractivity contribution in [1.82, 2.24) is 4.90 Å². The van der Waals surface area contributed by atoms with E-state index in [2.05, 4.69) is 16.3 Å². The van der Waals surface area contributed by atoms with Gasteiger partial charge in [-0.2, -0.15) is 0 Å². The zero-order valence-corrected chi connectivity index (χ0v) is 17.3. The molecule has 0 bridgehead atoms. The number of carbonyl (C=O) groups excluding carboxylic acids is 2. The van der Waals surface area contributed by atoms with Crippen LogP contribution in [0.25, 0.3) is 10.8 Å². The van der Waals surface area contributed by atoms with Crippen molar-refractivity contribution < 1.29 is 9.59 Å². The van der Waals surface area contributed by atoms with Gasteiger partial charge in [0, 0.05) is 49.5 Å². The molecule has 2 amide bonds. The van der Waals surface area contributed by atoms with Gasteiger partial charge in [0.1, 0.15) is 0 Å². The fourth-order valence-electron chi connectivity index (χ4n) is 3.88. The van der Waals surface area contributed by atoms with E-state index in [-0.39, 0.29) is 11.8 Å². The topological polar surface area (TPSA) is 52.7 Å². The second-order valence-electron chi connectivity index (χ2n) is 7.69. The smallest absolute Gasteiger partial charge is 0.253 e. The third kappa shape index (κ3) is 4.46. The summed E-state index contributed by atoms with van der Waals surface area (Å²) in [6, 6.07) is 22.0. The monoisotopic (exact) mass is 401 g/mol. The van der Waals surface area contributed by atoms with Gasteiger partial charge in [0.05, 0.1) is 0 Å². The van der Waals surface area contributed by atoms with E-state index in [1.54, 1.807) is 0 Å². The van der Waals surface area contributed by atoms with Gasteiger partial charge < -0.3 is 15.1 Å². The molecule has 1 aliphatic heterocycles. The predicted molar refractivity (Wildman–Crippen MR) is 122 cm³/mol. The van der Waals surface area contributed by atoms with E-state index >= 15 is 0 Å². The molecule has 30 heavy (non-hydrogen) atoms. The van der Waals surface area contributed by atoms with Crippen molar-refractivity contribution in [2.24, 2.45) is 0 Å². The van der Waals surface area contributed by atoms with Gasteiger partial charge in [0.15, 0.2) is 0 Å². The van der Waals surface area contributed by atoms with Crippen LogP contribution in [0.15, 0.2) is 66.7 Å². The van der Waals surface area contributed by atoms with Gasteiger partial charge in [-0.25, -0.2) is 0 Å². The summed E-state index contributed by atoms with van der Waals surface area (Å²) in [7, 11) is 0. The molecule has 0 aromatic heterocycles. The molecule has 0 unspecified atom stereocenters. The summed E-state index contributed by atoms with van der Waals surface area (Å²) in [6.07, 6.45) is 1.38. The highest BCUT2D eigenvalue weighted by Crippen LogP contribution is 2.21. The number of benzene rings is 3. The fourth-order valence-corrected chi connectivity index (χ4v) is 3.88. The van der Waals surface area contributed by atoms with Crippen LogP contribution in [0.3, 0.4) is 0 Å². The summed E-state index contributed by atoms with van der Waals surface area (Å²) < 4.78 is 0. The molecule has 3 aromatic rings. The lowest BCUT2D eigenvalue weighted by atomic mass is 10.1. The number of amides is 2. The second-order valence-corrected chi connectivity index (χ2v) is 7.69. The first-order valence-electron chi connectivity index (χ1n) is 10.6. The number of rotatable bonds is 5. The highest BCUT2D eigenvalue weighted by atomic mass is 16.2.